The minimum absolute atomic E-state index is 0.505. The zero-order valence-corrected chi connectivity index (χ0v) is 15.0. The van der Waals surface area contributed by atoms with Gasteiger partial charge < -0.3 is 5.73 Å². The molecule has 4 nitrogen and oxygen atoms in total. The highest BCUT2D eigenvalue weighted by Gasteiger charge is 2.56. The first-order valence-corrected chi connectivity index (χ1v) is 9.97. The molecule has 0 aliphatic carbocycles. The summed E-state index contributed by atoms with van der Waals surface area (Å²) in [6, 6.07) is 5.75. The highest BCUT2D eigenvalue weighted by Crippen LogP contribution is 2.49. The SMILES string of the molecule is CC1=N[C@]2(C)c3cc(N)ccc3SCC[C@H]2S(=O)(=O)C1(C)C. The molecule has 1 aromatic rings. The Balaban J connectivity index is 2.35. The van der Waals surface area contributed by atoms with Gasteiger partial charge in [-0.15, -0.1) is 11.8 Å². The molecule has 0 aromatic heterocycles. The lowest BCUT2D eigenvalue weighted by Gasteiger charge is -2.44. The maximum Gasteiger partial charge on any atom is 0.166 e. The molecular weight excluding hydrogens is 316 g/mol. The van der Waals surface area contributed by atoms with Crippen LogP contribution in [0, 0.1) is 0 Å². The first-order valence-electron chi connectivity index (χ1n) is 7.44. The van der Waals surface area contributed by atoms with Gasteiger partial charge in [-0.2, -0.15) is 0 Å². The summed E-state index contributed by atoms with van der Waals surface area (Å²) >= 11 is 1.70. The van der Waals surface area contributed by atoms with Gasteiger partial charge in [-0.3, -0.25) is 4.99 Å². The second-order valence-corrected chi connectivity index (χ2v) is 10.6. The highest BCUT2D eigenvalue weighted by molar-refractivity contribution is 7.99. The number of aliphatic imine (C=N–C) groups is 1. The Morgan fingerprint density at radius 3 is 2.68 bits per heavy atom. The smallest absolute Gasteiger partial charge is 0.166 e. The van der Waals surface area contributed by atoms with Crippen molar-refractivity contribution in [2.45, 2.75) is 54.5 Å². The summed E-state index contributed by atoms with van der Waals surface area (Å²) in [6.45, 7) is 7.29. The highest BCUT2D eigenvalue weighted by atomic mass is 32.2. The zero-order chi connectivity index (χ0) is 16.3. The van der Waals surface area contributed by atoms with Gasteiger partial charge in [0.15, 0.2) is 9.84 Å². The predicted octanol–water partition coefficient (Wildman–Crippen LogP) is 3.02. The van der Waals surface area contributed by atoms with E-state index < -0.39 is 25.4 Å². The maximum atomic E-state index is 13.2. The summed E-state index contributed by atoms with van der Waals surface area (Å²) in [5.41, 5.74) is 7.47. The van der Waals surface area contributed by atoms with Gasteiger partial charge in [-0.05, 0) is 63.6 Å². The van der Waals surface area contributed by atoms with Crippen LogP contribution in [0.5, 0.6) is 0 Å². The third kappa shape index (κ3) is 1.96. The van der Waals surface area contributed by atoms with E-state index in [1.807, 2.05) is 32.0 Å². The second-order valence-electron chi connectivity index (χ2n) is 6.78. The van der Waals surface area contributed by atoms with Crippen LogP contribution in [0.3, 0.4) is 0 Å². The van der Waals surface area contributed by atoms with Crippen molar-refractivity contribution in [2.24, 2.45) is 4.99 Å². The first-order chi connectivity index (χ1) is 10.1. The number of hydrogen-bond acceptors (Lipinski definition) is 5. The molecule has 0 spiro atoms. The van der Waals surface area contributed by atoms with Crippen LogP contribution in [-0.2, 0) is 15.4 Å². The largest absolute Gasteiger partial charge is 0.399 e. The van der Waals surface area contributed by atoms with Crippen molar-refractivity contribution in [2.75, 3.05) is 11.5 Å². The summed E-state index contributed by atoms with van der Waals surface area (Å²) in [4.78, 5) is 5.98. The Morgan fingerprint density at radius 2 is 2.00 bits per heavy atom. The van der Waals surface area contributed by atoms with Gasteiger partial charge in [0.05, 0.1) is 5.25 Å². The number of hydrogen-bond donors (Lipinski definition) is 1. The van der Waals surface area contributed by atoms with Crippen LogP contribution in [0.25, 0.3) is 0 Å². The molecule has 2 aliphatic heterocycles. The van der Waals surface area contributed by atoms with E-state index in [2.05, 4.69) is 0 Å². The van der Waals surface area contributed by atoms with Crippen LogP contribution >= 0.6 is 11.8 Å². The van der Waals surface area contributed by atoms with E-state index in [9.17, 15) is 8.42 Å². The molecule has 2 N–H and O–H groups in total. The standard InChI is InChI=1S/C16H22N2O2S2/c1-10-15(2,3)22(19,20)14-7-8-21-13-6-5-11(17)9-12(13)16(14,4)18-10/h5-6,9,14H,7-8,17H2,1-4H3/t14-,16-/m1/s1. The fourth-order valence-corrected chi connectivity index (χ4v) is 7.12. The van der Waals surface area contributed by atoms with Crippen LogP contribution in [0.2, 0.25) is 0 Å². The summed E-state index contributed by atoms with van der Waals surface area (Å²) in [5.74, 6) is 0.779. The average molecular weight is 338 g/mol. The summed E-state index contributed by atoms with van der Waals surface area (Å²) in [7, 11) is -3.33. The number of benzene rings is 1. The van der Waals surface area contributed by atoms with Crippen LogP contribution in [0.4, 0.5) is 5.69 Å². The molecule has 0 amide bonds. The summed E-state index contributed by atoms with van der Waals surface area (Å²) in [6.07, 6.45) is 0.609. The molecule has 0 radical (unpaired) electrons. The van der Waals surface area contributed by atoms with Gasteiger partial charge in [-0.1, -0.05) is 0 Å². The zero-order valence-electron chi connectivity index (χ0n) is 13.4. The monoisotopic (exact) mass is 338 g/mol. The Labute approximate surface area is 136 Å². The van der Waals surface area contributed by atoms with Gasteiger partial charge in [-0.25, -0.2) is 8.42 Å². The van der Waals surface area contributed by atoms with Crippen molar-refractivity contribution < 1.29 is 8.42 Å². The van der Waals surface area contributed by atoms with Crippen LogP contribution in [0.1, 0.15) is 39.7 Å². The maximum absolute atomic E-state index is 13.2. The molecule has 1 aromatic carbocycles. The van der Waals surface area contributed by atoms with E-state index >= 15 is 0 Å². The van der Waals surface area contributed by atoms with Crippen molar-refractivity contribution in [1.29, 1.82) is 0 Å². The van der Waals surface area contributed by atoms with Crippen molar-refractivity contribution in [3.63, 3.8) is 0 Å². The van der Waals surface area contributed by atoms with Gasteiger partial charge in [0.25, 0.3) is 0 Å². The molecule has 2 aliphatic rings. The lowest BCUT2D eigenvalue weighted by Crippen LogP contribution is -2.56. The Bertz CT molecular complexity index is 768. The number of thioether (sulfide) groups is 1. The minimum atomic E-state index is -3.33. The van der Waals surface area contributed by atoms with Crippen LogP contribution in [0.15, 0.2) is 28.1 Å². The predicted molar refractivity (Wildman–Crippen MR) is 93.4 cm³/mol. The number of fused-ring (bicyclic) bond motifs is 3. The molecule has 22 heavy (non-hydrogen) atoms. The lowest BCUT2D eigenvalue weighted by atomic mass is 9.86. The van der Waals surface area contributed by atoms with Gasteiger partial charge >= 0.3 is 0 Å². The first kappa shape index (κ1) is 15.9. The topological polar surface area (TPSA) is 72.5 Å². The second kappa shape index (κ2) is 4.74. The van der Waals surface area contributed by atoms with Crippen molar-refractivity contribution in [1.82, 2.24) is 0 Å². The lowest BCUT2D eigenvalue weighted by molar-refractivity contribution is 0.417. The Hall–Kier alpha value is -1.01. The molecule has 6 heteroatoms. The third-order valence-corrected chi connectivity index (χ3v) is 9.44. The number of nitrogens with zero attached hydrogens (tertiary/aromatic N) is 1. The summed E-state index contributed by atoms with van der Waals surface area (Å²) in [5, 5.41) is -0.505. The van der Waals surface area contributed by atoms with Crippen molar-refractivity contribution in [3.8, 4) is 0 Å². The average Bonchev–Trinajstić information content (AvgIpc) is 2.55. The molecule has 0 bridgehead atoms. The molecule has 2 atom stereocenters. The quantitative estimate of drug-likeness (QED) is 0.738. The molecule has 0 unspecified atom stereocenters. The number of anilines is 1. The van der Waals surface area contributed by atoms with E-state index in [0.717, 1.165) is 16.2 Å². The normalized spacial score (nSPS) is 32.4. The minimum Gasteiger partial charge on any atom is -0.399 e. The van der Waals surface area contributed by atoms with E-state index in [4.69, 9.17) is 10.7 Å². The fourth-order valence-electron chi connectivity index (χ4n) is 3.43. The number of nitrogens with two attached hydrogens (primary N) is 1. The van der Waals surface area contributed by atoms with Gasteiger partial charge in [0.2, 0.25) is 0 Å². The van der Waals surface area contributed by atoms with E-state index in [-0.39, 0.29) is 0 Å². The molecule has 0 fully saturated rings. The van der Waals surface area contributed by atoms with E-state index in [1.165, 1.54) is 0 Å². The molecule has 0 saturated heterocycles. The number of nitrogen functional groups attached to an aromatic ring is 1. The van der Waals surface area contributed by atoms with Crippen LogP contribution in [-0.4, -0.2) is 29.9 Å². The van der Waals surface area contributed by atoms with Gasteiger partial charge in [0.1, 0.15) is 10.3 Å². The molecule has 2 heterocycles. The third-order valence-electron chi connectivity index (χ3n) is 5.17. The molecule has 0 saturated carbocycles. The van der Waals surface area contributed by atoms with Crippen molar-refractivity contribution in [3.05, 3.63) is 23.8 Å². The number of rotatable bonds is 0. The Kier molecular flexibility index (Phi) is 3.42. The van der Waals surface area contributed by atoms with Crippen molar-refractivity contribution >= 4 is 33.0 Å². The van der Waals surface area contributed by atoms with Crippen LogP contribution < -0.4 is 5.73 Å². The molecular formula is C16H22N2O2S2. The van der Waals surface area contributed by atoms with Gasteiger partial charge in [0, 0.05) is 16.3 Å². The van der Waals surface area contributed by atoms with E-state index in [0.29, 0.717) is 17.8 Å². The van der Waals surface area contributed by atoms with E-state index in [1.54, 1.807) is 25.6 Å². The Morgan fingerprint density at radius 1 is 1.32 bits per heavy atom. The number of sulfone groups is 1. The fraction of sp³-hybridized carbons (Fsp3) is 0.562. The molecule has 120 valence electrons. The molecule has 3 rings (SSSR count). The summed E-state index contributed by atoms with van der Waals surface area (Å²) < 4.78 is 25.5.